The zero-order chi connectivity index (χ0) is 12.1. The molecule has 3 amide bonds. The van der Waals surface area contributed by atoms with Gasteiger partial charge in [0.1, 0.15) is 13.1 Å². The van der Waals surface area contributed by atoms with Crippen molar-refractivity contribution in [1.82, 2.24) is 10.2 Å². The number of aliphatic carboxylic acids is 1. The summed E-state index contributed by atoms with van der Waals surface area (Å²) in [7, 11) is 0. The Labute approximate surface area is 95.2 Å². The first kappa shape index (κ1) is 12.5. The van der Waals surface area contributed by atoms with Crippen LogP contribution in [0.4, 0.5) is 0 Å². The molecule has 8 heteroatoms. The maximum atomic E-state index is 11.5. The molecule has 0 bridgehead atoms. The van der Waals surface area contributed by atoms with Crippen molar-refractivity contribution in [2.24, 2.45) is 0 Å². The molecule has 0 aliphatic carbocycles. The molecule has 2 N–H and O–H groups in total. The number of carbonyl (C=O) groups excluding carboxylic acids is 3. The molecule has 7 nitrogen and oxygen atoms in total. The van der Waals surface area contributed by atoms with Gasteiger partial charge in [0.25, 0.3) is 0 Å². The first-order chi connectivity index (χ1) is 7.49. The highest BCUT2D eigenvalue weighted by Gasteiger charge is 2.25. The Morgan fingerprint density at radius 3 is 2.31 bits per heavy atom. The third kappa shape index (κ3) is 3.89. The number of carboxylic acid groups (broad SMARTS) is 1. The summed E-state index contributed by atoms with van der Waals surface area (Å²) in [6.45, 7) is -0.309. The highest BCUT2D eigenvalue weighted by atomic mass is 32.2. The standard InChI is InChI=1S/C8H10N2O5S/c11-5-1-10(2-6(12)9-5)7(13)3-16-4-8(14)15/h1-4H2,(H,14,15)(H,9,11,12). The molecule has 0 aromatic rings. The van der Waals surface area contributed by atoms with Gasteiger partial charge >= 0.3 is 5.97 Å². The average molecular weight is 246 g/mol. The fourth-order valence-electron chi connectivity index (χ4n) is 1.13. The van der Waals surface area contributed by atoms with Gasteiger partial charge in [-0.15, -0.1) is 11.8 Å². The van der Waals surface area contributed by atoms with Crippen LogP contribution in [0.15, 0.2) is 0 Å². The number of thioether (sulfide) groups is 1. The number of hydrogen-bond donors (Lipinski definition) is 2. The number of rotatable bonds is 4. The Bertz CT molecular complexity index is 327. The monoisotopic (exact) mass is 246 g/mol. The van der Waals surface area contributed by atoms with Gasteiger partial charge in [0.15, 0.2) is 0 Å². The lowest BCUT2D eigenvalue weighted by Crippen LogP contribution is -2.53. The van der Waals surface area contributed by atoms with E-state index in [1.807, 2.05) is 0 Å². The first-order valence-electron chi connectivity index (χ1n) is 4.39. The Balaban J connectivity index is 2.38. The molecule has 0 aromatic heterocycles. The number of carboxylic acids is 1. The van der Waals surface area contributed by atoms with E-state index in [1.165, 1.54) is 0 Å². The Kier molecular flexibility index (Phi) is 4.29. The number of amides is 3. The van der Waals surface area contributed by atoms with Crippen molar-refractivity contribution >= 4 is 35.5 Å². The second-order valence-corrected chi connectivity index (χ2v) is 4.09. The van der Waals surface area contributed by atoms with Gasteiger partial charge in [0, 0.05) is 0 Å². The van der Waals surface area contributed by atoms with E-state index in [4.69, 9.17) is 5.11 Å². The molecule has 0 radical (unpaired) electrons. The molecule has 1 rings (SSSR count). The minimum absolute atomic E-state index is 0.0488. The van der Waals surface area contributed by atoms with Crippen LogP contribution in [-0.4, -0.2) is 58.3 Å². The van der Waals surface area contributed by atoms with Crippen LogP contribution in [0.1, 0.15) is 0 Å². The van der Waals surface area contributed by atoms with Gasteiger partial charge in [-0.1, -0.05) is 0 Å². The van der Waals surface area contributed by atoms with E-state index < -0.39 is 23.7 Å². The fraction of sp³-hybridized carbons (Fsp3) is 0.500. The van der Waals surface area contributed by atoms with Gasteiger partial charge in [0.2, 0.25) is 17.7 Å². The Hall–Kier alpha value is -1.57. The highest BCUT2D eigenvalue weighted by Crippen LogP contribution is 2.04. The van der Waals surface area contributed by atoms with Crippen LogP contribution < -0.4 is 5.32 Å². The molecule has 0 unspecified atom stereocenters. The van der Waals surface area contributed by atoms with Crippen LogP contribution in [-0.2, 0) is 19.2 Å². The van der Waals surface area contributed by atoms with Crippen molar-refractivity contribution in [3.63, 3.8) is 0 Å². The van der Waals surface area contributed by atoms with Gasteiger partial charge in [0.05, 0.1) is 11.5 Å². The summed E-state index contributed by atoms with van der Waals surface area (Å²) in [5.74, 6) is -2.69. The molecule has 16 heavy (non-hydrogen) atoms. The summed E-state index contributed by atoms with van der Waals surface area (Å²) in [5, 5.41) is 10.4. The molecule has 1 aliphatic rings. The lowest BCUT2D eigenvalue weighted by atomic mass is 10.3. The zero-order valence-corrected chi connectivity index (χ0v) is 9.08. The van der Waals surface area contributed by atoms with Gasteiger partial charge in [-0.3, -0.25) is 24.5 Å². The molecule has 0 aromatic carbocycles. The molecule has 0 atom stereocenters. The third-order valence-corrected chi connectivity index (χ3v) is 2.65. The SMILES string of the molecule is O=C(O)CSCC(=O)N1CC(=O)NC(=O)C1. The quantitative estimate of drug-likeness (QED) is 0.572. The summed E-state index contributed by atoms with van der Waals surface area (Å²) in [6, 6.07) is 0. The van der Waals surface area contributed by atoms with Crippen LogP contribution in [0.5, 0.6) is 0 Å². The molecule has 1 heterocycles. The largest absolute Gasteiger partial charge is 0.481 e. The van der Waals surface area contributed by atoms with E-state index in [0.717, 1.165) is 16.7 Å². The fourth-order valence-corrected chi connectivity index (χ4v) is 1.76. The zero-order valence-electron chi connectivity index (χ0n) is 8.26. The van der Waals surface area contributed by atoms with Gasteiger partial charge in [-0.25, -0.2) is 0 Å². The molecule has 88 valence electrons. The van der Waals surface area contributed by atoms with Crippen molar-refractivity contribution in [2.45, 2.75) is 0 Å². The molecule has 0 saturated carbocycles. The third-order valence-electron chi connectivity index (χ3n) is 1.75. The Morgan fingerprint density at radius 1 is 1.25 bits per heavy atom. The van der Waals surface area contributed by atoms with Crippen molar-refractivity contribution in [1.29, 1.82) is 0 Å². The van der Waals surface area contributed by atoms with Crippen molar-refractivity contribution < 1.29 is 24.3 Å². The number of nitrogens with zero attached hydrogens (tertiary/aromatic N) is 1. The number of carbonyl (C=O) groups is 4. The van der Waals surface area contributed by atoms with E-state index >= 15 is 0 Å². The number of hydrogen-bond acceptors (Lipinski definition) is 5. The normalized spacial score (nSPS) is 15.9. The molecule has 1 saturated heterocycles. The van der Waals surface area contributed by atoms with Gasteiger partial charge in [-0.05, 0) is 0 Å². The second kappa shape index (κ2) is 5.50. The smallest absolute Gasteiger partial charge is 0.313 e. The lowest BCUT2D eigenvalue weighted by Gasteiger charge is -2.25. The highest BCUT2D eigenvalue weighted by molar-refractivity contribution is 8.00. The van der Waals surface area contributed by atoms with Gasteiger partial charge in [-0.2, -0.15) is 0 Å². The van der Waals surface area contributed by atoms with E-state index in [0.29, 0.717) is 0 Å². The van der Waals surface area contributed by atoms with Gasteiger partial charge < -0.3 is 10.0 Å². The number of piperazine rings is 1. The predicted octanol–water partition coefficient (Wildman–Crippen LogP) is -1.71. The van der Waals surface area contributed by atoms with Crippen LogP contribution >= 0.6 is 11.8 Å². The van der Waals surface area contributed by atoms with Crippen molar-refractivity contribution in [3.05, 3.63) is 0 Å². The second-order valence-electron chi connectivity index (χ2n) is 3.11. The summed E-state index contributed by atoms with van der Waals surface area (Å²) >= 11 is 0.932. The molecular formula is C8H10N2O5S. The van der Waals surface area contributed by atoms with E-state index in [9.17, 15) is 19.2 Å². The van der Waals surface area contributed by atoms with E-state index in [1.54, 1.807) is 0 Å². The molecule has 1 aliphatic heterocycles. The van der Waals surface area contributed by atoms with Crippen molar-refractivity contribution in [2.75, 3.05) is 24.6 Å². The maximum absolute atomic E-state index is 11.5. The minimum Gasteiger partial charge on any atom is -0.481 e. The van der Waals surface area contributed by atoms with Crippen LogP contribution in [0, 0.1) is 0 Å². The summed E-state index contributed by atoms with van der Waals surface area (Å²) in [5.41, 5.74) is 0. The summed E-state index contributed by atoms with van der Waals surface area (Å²) in [6.07, 6.45) is 0. The molecular weight excluding hydrogens is 236 g/mol. The van der Waals surface area contributed by atoms with E-state index in [2.05, 4.69) is 5.32 Å². The maximum Gasteiger partial charge on any atom is 0.313 e. The summed E-state index contributed by atoms with van der Waals surface area (Å²) in [4.78, 5) is 44.6. The lowest BCUT2D eigenvalue weighted by molar-refractivity contribution is -0.144. The summed E-state index contributed by atoms with van der Waals surface area (Å²) < 4.78 is 0. The van der Waals surface area contributed by atoms with Crippen LogP contribution in [0.3, 0.4) is 0 Å². The number of imide groups is 1. The first-order valence-corrected chi connectivity index (χ1v) is 5.54. The molecule has 1 fully saturated rings. The number of nitrogens with one attached hydrogen (secondary N) is 1. The Morgan fingerprint density at radius 2 is 1.81 bits per heavy atom. The topological polar surface area (TPSA) is 104 Å². The minimum atomic E-state index is -1.01. The average Bonchev–Trinajstić information content (AvgIpc) is 2.15. The van der Waals surface area contributed by atoms with Crippen LogP contribution in [0.2, 0.25) is 0 Å². The van der Waals surface area contributed by atoms with Crippen LogP contribution in [0.25, 0.3) is 0 Å². The molecule has 0 spiro atoms. The predicted molar refractivity (Wildman–Crippen MR) is 54.7 cm³/mol. The van der Waals surface area contributed by atoms with E-state index in [-0.39, 0.29) is 24.6 Å². The van der Waals surface area contributed by atoms with Crippen molar-refractivity contribution in [3.8, 4) is 0 Å².